The van der Waals surface area contributed by atoms with Crippen LogP contribution in [-0.2, 0) is 4.74 Å². The molecule has 1 heterocycles. The van der Waals surface area contributed by atoms with E-state index in [1.807, 2.05) is 0 Å². The van der Waals surface area contributed by atoms with E-state index in [-0.39, 0.29) is 11.3 Å². The van der Waals surface area contributed by atoms with E-state index in [0.29, 0.717) is 23.7 Å². The van der Waals surface area contributed by atoms with Crippen LogP contribution in [0.2, 0.25) is 0 Å². The van der Waals surface area contributed by atoms with E-state index in [2.05, 4.69) is 34.7 Å². The Morgan fingerprint density at radius 3 is 2.95 bits per heavy atom. The summed E-state index contributed by atoms with van der Waals surface area (Å²) in [7, 11) is 0. The molecule has 1 fully saturated rings. The highest BCUT2D eigenvalue weighted by atomic mass is 79.9. The molecular formula is C14H17BrFNO2. The molecule has 0 bridgehead atoms. The van der Waals surface area contributed by atoms with Gasteiger partial charge in [-0.25, -0.2) is 4.39 Å². The molecule has 0 saturated carbocycles. The maximum atomic E-state index is 13.9. The summed E-state index contributed by atoms with van der Waals surface area (Å²) in [5.41, 5.74) is 0.0879. The van der Waals surface area contributed by atoms with E-state index in [9.17, 15) is 9.18 Å². The molecule has 2 rings (SSSR count). The standard InChI is InChI=1S/C14H17BrFNO2/c1-9(2)17-6-7-19-12(8-17)14(18)10-4-3-5-11(15)13(10)16/h3-5,9,12H,6-8H2,1-2H3. The second kappa shape index (κ2) is 6.11. The lowest BCUT2D eigenvalue weighted by Crippen LogP contribution is -2.48. The Labute approximate surface area is 120 Å². The van der Waals surface area contributed by atoms with E-state index < -0.39 is 11.9 Å². The van der Waals surface area contributed by atoms with Gasteiger partial charge in [-0.2, -0.15) is 0 Å². The van der Waals surface area contributed by atoms with E-state index in [4.69, 9.17) is 4.74 Å². The molecule has 19 heavy (non-hydrogen) atoms. The molecule has 0 N–H and O–H groups in total. The first-order chi connectivity index (χ1) is 9.00. The van der Waals surface area contributed by atoms with Crippen molar-refractivity contribution in [3.05, 3.63) is 34.1 Å². The minimum atomic E-state index is -0.583. The predicted molar refractivity (Wildman–Crippen MR) is 74.9 cm³/mol. The highest BCUT2D eigenvalue weighted by Crippen LogP contribution is 2.21. The molecule has 5 heteroatoms. The zero-order valence-corrected chi connectivity index (χ0v) is 12.6. The van der Waals surface area contributed by atoms with Gasteiger partial charge >= 0.3 is 0 Å². The Morgan fingerprint density at radius 2 is 2.26 bits per heavy atom. The highest BCUT2D eigenvalue weighted by Gasteiger charge is 2.30. The van der Waals surface area contributed by atoms with Crippen LogP contribution in [0.15, 0.2) is 22.7 Å². The van der Waals surface area contributed by atoms with Gasteiger partial charge in [-0.05, 0) is 41.9 Å². The number of rotatable bonds is 3. The SMILES string of the molecule is CC(C)N1CCOC(C(=O)c2cccc(Br)c2F)C1. The van der Waals surface area contributed by atoms with Crippen LogP contribution in [0.3, 0.4) is 0 Å². The summed E-state index contributed by atoms with van der Waals surface area (Å²) in [6.45, 7) is 5.98. The number of nitrogens with zero attached hydrogens (tertiary/aromatic N) is 1. The monoisotopic (exact) mass is 329 g/mol. The van der Waals surface area contributed by atoms with Gasteiger partial charge in [-0.15, -0.1) is 0 Å². The van der Waals surface area contributed by atoms with Crippen LogP contribution >= 0.6 is 15.9 Å². The molecule has 3 nitrogen and oxygen atoms in total. The van der Waals surface area contributed by atoms with Crippen LogP contribution in [0.25, 0.3) is 0 Å². The predicted octanol–water partition coefficient (Wildman–Crippen LogP) is 2.88. The largest absolute Gasteiger partial charge is 0.367 e. The lowest BCUT2D eigenvalue weighted by Gasteiger charge is -2.34. The third-order valence-corrected chi connectivity index (χ3v) is 3.95. The Bertz CT molecular complexity index is 479. The number of halogens is 2. The normalized spacial score (nSPS) is 20.8. The zero-order chi connectivity index (χ0) is 14.0. The first-order valence-electron chi connectivity index (χ1n) is 6.34. The number of morpholine rings is 1. The Balaban J connectivity index is 2.17. The molecule has 1 unspecified atom stereocenters. The molecule has 1 aromatic carbocycles. The summed E-state index contributed by atoms with van der Waals surface area (Å²) in [5, 5.41) is 0. The summed E-state index contributed by atoms with van der Waals surface area (Å²) in [4.78, 5) is 14.5. The Morgan fingerprint density at radius 1 is 1.53 bits per heavy atom. The van der Waals surface area contributed by atoms with Crippen LogP contribution in [0, 0.1) is 5.82 Å². The van der Waals surface area contributed by atoms with Crippen molar-refractivity contribution in [2.75, 3.05) is 19.7 Å². The van der Waals surface area contributed by atoms with Gasteiger partial charge in [0, 0.05) is 19.1 Å². The smallest absolute Gasteiger partial charge is 0.195 e. The molecule has 104 valence electrons. The van der Waals surface area contributed by atoms with Crippen molar-refractivity contribution >= 4 is 21.7 Å². The van der Waals surface area contributed by atoms with Crippen molar-refractivity contribution in [3.63, 3.8) is 0 Å². The molecule has 1 aliphatic rings. The summed E-state index contributed by atoms with van der Waals surface area (Å²) >= 11 is 3.10. The Hall–Kier alpha value is -0.780. The molecule has 0 amide bonds. The van der Waals surface area contributed by atoms with Crippen molar-refractivity contribution in [1.82, 2.24) is 4.90 Å². The average molecular weight is 330 g/mol. The lowest BCUT2D eigenvalue weighted by molar-refractivity contribution is -0.0257. The quantitative estimate of drug-likeness (QED) is 0.798. The molecule has 0 aliphatic carbocycles. The highest BCUT2D eigenvalue weighted by molar-refractivity contribution is 9.10. The van der Waals surface area contributed by atoms with Gasteiger partial charge in [0.1, 0.15) is 11.9 Å². The second-order valence-electron chi connectivity index (χ2n) is 4.91. The number of benzene rings is 1. The number of Topliss-reactive ketones (excluding diaryl/α,β-unsaturated/α-hetero) is 1. The van der Waals surface area contributed by atoms with Gasteiger partial charge in [0.05, 0.1) is 16.6 Å². The third kappa shape index (κ3) is 3.22. The maximum Gasteiger partial charge on any atom is 0.195 e. The molecule has 1 atom stereocenters. The summed E-state index contributed by atoms with van der Waals surface area (Å²) in [6, 6.07) is 5.09. The first-order valence-corrected chi connectivity index (χ1v) is 7.14. The molecule has 0 radical (unpaired) electrons. The van der Waals surface area contributed by atoms with E-state index >= 15 is 0 Å². The van der Waals surface area contributed by atoms with Crippen LogP contribution < -0.4 is 0 Å². The topological polar surface area (TPSA) is 29.5 Å². The van der Waals surface area contributed by atoms with Gasteiger partial charge in [0.15, 0.2) is 5.78 Å². The van der Waals surface area contributed by atoms with Crippen molar-refractivity contribution < 1.29 is 13.9 Å². The summed E-state index contributed by atoms with van der Waals surface area (Å²) in [6.07, 6.45) is -0.583. The number of carbonyl (C=O) groups excluding carboxylic acids is 1. The molecular weight excluding hydrogens is 313 g/mol. The fourth-order valence-electron chi connectivity index (χ4n) is 2.16. The van der Waals surface area contributed by atoms with Gasteiger partial charge in [0.2, 0.25) is 0 Å². The van der Waals surface area contributed by atoms with E-state index in [1.165, 1.54) is 6.07 Å². The average Bonchev–Trinajstić information content (AvgIpc) is 2.41. The van der Waals surface area contributed by atoms with Crippen LogP contribution in [-0.4, -0.2) is 42.5 Å². The summed E-state index contributed by atoms with van der Waals surface area (Å²) < 4.78 is 19.7. The van der Waals surface area contributed by atoms with Crippen molar-refractivity contribution in [2.24, 2.45) is 0 Å². The zero-order valence-electron chi connectivity index (χ0n) is 11.0. The summed E-state index contributed by atoms with van der Waals surface area (Å²) in [5.74, 6) is -0.804. The number of hydrogen-bond acceptors (Lipinski definition) is 3. The molecule has 1 aliphatic heterocycles. The molecule has 1 aromatic rings. The third-order valence-electron chi connectivity index (χ3n) is 3.34. The Kier molecular flexibility index (Phi) is 4.71. The van der Waals surface area contributed by atoms with Crippen LogP contribution in [0.5, 0.6) is 0 Å². The number of ketones is 1. The van der Waals surface area contributed by atoms with Crippen molar-refractivity contribution in [3.8, 4) is 0 Å². The van der Waals surface area contributed by atoms with Crippen molar-refractivity contribution in [1.29, 1.82) is 0 Å². The van der Waals surface area contributed by atoms with Crippen LogP contribution in [0.4, 0.5) is 4.39 Å². The maximum absolute atomic E-state index is 13.9. The molecule has 1 saturated heterocycles. The number of hydrogen-bond donors (Lipinski definition) is 0. The molecule has 0 aromatic heterocycles. The lowest BCUT2D eigenvalue weighted by atomic mass is 10.0. The van der Waals surface area contributed by atoms with Gasteiger partial charge in [-0.3, -0.25) is 9.69 Å². The van der Waals surface area contributed by atoms with Crippen LogP contribution in [0.1, 0.15) is 24.2 Å². The van der Waals surface area contributed by atoms with Gasteiger partial charge in [-0.1, -0.05) is 6.07 Å². The van der Waals surface area contributed by atoms with E-state index in [1.54, 1.807) is 12.1 Å². The first kappa shape index (κ1) is 14.6. The number of carbonyl (C=O) groups is 1. The fraction of sp³-hybridized carbons (Fsp3) is 0.500. The molecule has 0 spiro atoms. The van der Waals surface area contributed by atoms with E-state index in [0.717, 1.165) is 6.54 Å². The second-order valence-corrected chi connectivity index (χ2v) is 5.77. The minimum absolute atomic E-state index is 0.0879. The minimum Gasteiger partial charge on any atom is -0.367 e. The fourth-order valence-corrected chi connectivity index (χ4v) is 2.53. The van der Waals surface area contributed by atoms with Gasteiger partial charge in [0.25, 0.3) is 0 Å². The van der Waals surface area contributed by atoms with Crippen molar-refractivity contribution in [2.45, 2.75) is 26.0 Å². The van der Waals surface area contributed by atoms with Gasteiger partial charge < -0.3 is 4.74 Å². The number of ether oxygens (including phenoxy) is 1.